The van der Waals surface area contributed by atoms with E-state index in [9.17, 15) is 9.59 Å². The van der Waals surface area contributed by atoms with Crippen LogP contribution >= 0.6 is 11.3 Å². The maximum Gasteiger partial charge on any atom is 0.324 e. The Balaban J connectivity index is 2.67. The number of carboxylic acid groups (broad SMARTS) is 1. The number of urea groups is 1. The van der Waals surface area contributed by atoms with Crippen LogP contribution in [-0.4, -0.2) is 53.8 Å². The number of anilines is 1. The minimum atomic E-state index is -1.07. The Morgan fingerprint density at radius 1 is 1.47 bits per heavy atom. The smallest absolute Gasteiger partial charge is 0.324 e. The summed E-state index contributed by atoms with van der Waals surface area (Å²) >= 11 is 1.35. The molecule has 0 aromatic carbocycles. The van der Waals surface area contributed by atoms with Crippen molar-refractivity contribution >= 4 is 28.5 Å². The lowest BCUT2D eigenvalue weighted by molar-refractivity contribution is -0.137. The molecule has 0 saturated heterocycles. The van der Waals surface area contributed by atoms with Crippen LogP contribution in [0.15, 0.2) is 0 Å². The van der Waals surface area contributed by atoms with Gasteiger partial charge in [0.2, 0.25) is 0 Å². The third-order valence-corrected chi connectivity index (χ3v) is 3.41. The van der Waals surface area contributed by atoms with Gasteiger partial charge in [-0.1, -0.05) is 0 Å². The monoisotopic (exact) mass is 287 g/mol. The van der Waals surface area contributed by atoms with Crippen molar-refractivity contribution in [1.29, 1.82) is 0 Å². The summed E-state index contributed by atoms with van der Waals surface area (Å²) in [6.45, 7) is 3.86. The van der Waals surface area contributed by atoms with Crippen molar-refractivity contribution in [1.82, 2.24) is 9.88 Å². The first-order chi connectivity index (χ1) is 8.93. The number of nitrogens with one attached hydrogen (secondary N) is 1. The molecule has 0 bridgehead atoms. The number of amides is 2. The predicted molar refractivity (Wildman–Crippen MR) is 71.7 cm³/mol. The number of nitrogens with zero attached hydrogens (tertiary/aromatic N) is 2. The second kappa shape index (κ2) is 7.05. The predicted octanol–water partition coefficient (Wildman–Crippen LogP) is 1.32. The summed E-state index contributed by atoms with van der Waals surface area (Å²) in [7, 11) is 1.49. The summed E-state index contributed by atoms with van der Waals surface area (Å²) in [4.78, 5) is 29.0. The number of aromatic nitrogens is 1. The molecule has 2 N–H and O–H groups in total. The fraction of sp³-hybridized carbons (Fsp3) is 0.545. The third kappa shape index (κ3) is 4.84. The topological polar surface area (TPSA) is 91.8 Å². The molecule has 19 heavy (non-hydrogen) atoms. The van der Waals surface area contributed by atoms with Crippen LogP contribution in [0.2, 0.25) is 0 Å². The number of thiazole rings is 1. The molecule has 2 amide bonds. The minimum absolute atomic E-state index is 0.206. The molecule has 1 rings (SSSR count). The Morgan fingerprint density at radius 3 is 2.63 bits per heavy atom. The molecule has 1 heterocycles. The highest BCUT2D eigenvalue weighted by molar-refractivity contribution is 7.15. The van der Waals surface area contributed by atoms with Crippen molar-refractivity contribution in [2.75, 3.05) is 32.1 Å². The van der Waals surface area contributed by atoms with E-state index in [1.165, 1.54) is 18.4 Å². The maximum atomic E-state index is 11.9. The van der Waals surface area contributed by atoms with Gasteiger partial charge in [0.05, 0.1) is 12.3 Å². The molecule has 7 nitrogen and oxygen atoms in total. The molecule has 8 heteroatoms. The van der Waals surface area contributed by atoms with Gasteiger partial charge in [-0.3, -0.25) is 10.1 Å². The van der Waals surface area contributed by atoms with Crippen LogP contribution in [0.4, 0.5) is 9.93 Å². The number of hydrogen-bond acceptors (Lipinski definition) is 5. The third-order valence-electron chi connectivity index (χ3n) is 2.42. The molecule has 106 valence electrons. The lowest BCUT2D eigenvalue weighted by atomic mass is 10.4. The Kier molecular flexibility index (Phi) is 5.71. The van der Waals surface area contributed by atoms with E-state index >= 15 is 0 Å². The summed E-state index contributed by atoms with van der Waals surface area (Å²) in [5, 5.41) is 11.8. The van der Waals surface area contributed by atoms with Crippen molar-refractivity contribution in [2.45, 2.75) is 13.8 Å². The summed E-state index contributed by atoms with van der Waals surface area (Å²) in [6, 6.07) is -0.492. The zero-order valence-electron chi connectivity index (χ0n) is 11.1. The first-order valence-corrected chi connectivity index (χ1v) is 6.46. The zero-order valence-corrected chi connectivity index (χ0v) is 11.9. The number of methoxy groups -OCH3 is 1. The van der Waals surface area contributed by atoms with Crippen LogP contribution in [-0.2, 0) is 9.53 Å². The summed E-state index contributed by atoms with van der Waals surface area (Å²) in [5.41, 5.74) is 0.849. The van der Waals surface area contributed by atoms with Crippen molar-refractivity contribution in [3.05, 3.63) is 10.6 Å². The first-order valence-electron chi connectivity index (χ1n) is 5.64. The van der Waals surface area contributed by atoms with Gasteiger partial charge >= 0.3 is 12.0 Å². The highest BCUT2D eigenvalue weighted by Gasteiger charge is 2.18. The van der Waals surface area contributed by atoms with E-state index in [2.05, 4.69) is 10.3 Å². The summed E-state index contributed by atoms with van der Waals surface area (Å²) < 4.78 is 4.85. The van der Waals surface area contributed by atoms with Crippen LogP contribution < -0.4 is 5.32 Å². The largest absolute Gasteiger partial charge is 0.480 e. The average molecular weight is 287 g/mol. The number of carbonyl (C=O) groups excluding carboxylic acids is 1. The van der Waals surface area contributed by atoms with Crippen LogP contribution in [0, 0.1) is 13.8 Å². The van der Waals surface area contributed by atoms with Gasteiger partial charge in [-0.2, -0.15) is 0 Å². The van der Waals surface area contributed by atoms with E-state index < -0.39 is 12.0 Å². The lowest BCUT2D eigenvalue weighted by Gasteiger charge is -2.19. The molecule has 0 aliphatic carbocycles. The number of carboxylic acids is 1. The molecular weight excluding hydrogens is 270 g/mol. The first kappa shape index (κ1) is 15.4. The van der Waals surface area contributed by atoms with Gasteiger partial charge in [0, 0.05) is 18.5 Å². The average Bonchev–Trinajstić information content (AvgIpc) is 2.63. The van der Waals surface area contributed by atoms with E-state index in [1.54, 1.807) is 0 Å². The van der Waals surface area contributed by atoms with Gasteiger partial charge in [-0.05, 0) is 13.8 Å². The Hall–Kier alpha value is -1.67. The summed E-state index contributed by atoms with van der Waals surface area (Å²) in [5.74, 6) is -1.07. The van der Waals surface area contributed by atoms with Crippen LogP contribution in [0.25, 0.3) is 0 Å². The number of aliphatic carboxylic acids is 1. The maximum absolute atomic E-state index is 11.9. The Bertz CT molecular complexity index is 441. The zero-order chi connectivity index (χ0) is 14.4. The molecule has 0 spiro atoms. The van der Waals surface area contributed by atoms with E-state index in [-0.39, 0.29) is 19.7 Å². The number of hydrogen-bond donors (Lipinski definition) is 2. The van der Waals surface area contributed by atoms with Gasteiger partial charge < -0.3 is 14.7 Å². The van der Waals surface area contributed by atoms with Crippen molar-refractivity contribution in [3.63, 3.8) is 0 Å². The quantitative estimate of drug-likeness (QED) is 0.823. The van der Waals surface area contributed by atoms with E-state index in [1.807, 2.05) is 13.8 Å². The standard InChI is InChI=1S/C11H17N3O4S/c1-7-8(2)19-10(12-7)13-11(17)14(4-5-18-3)6-9(15)16/h4-6H2,1-3H3,(H,15,16)(H,12,13,17). The fourth-order valence-electron chi connectivity index (χ4n) is 1.31. The van der Waals surface area contributed by atoms with E-state index in [4.69, 9.17) is 9.84 Å². The lowest BCUT2D eigenvalue weighted by Crippen LogP contribution is -2.40. The number of ether oxygens (including phenoxy) is 1. The van der Waals surface area contributed by atoms with Gasteiger partial charge in [0.15, 0.2) is 5.13 Å². The molecule has 0 aliphatic rings. The fourth-order valence-corrected chi connectivity index (χ4v) is 2.12. The van der Waals surface area contributed by atoms with Crippen molar-refractivity contribution in [3.8, 4) is 0 Å². The normalized spacial score (nSPS) is 10.3. The van der Waals surface area contributed by atoms with Crippen molar-refractivity contribution in [2.24, 2.45) is 0 Å². The number of aryl methyl sites for hydroxylation is 2. The van der Waals surface area contributed by atoms with Crippen molar-refractivity contribution < 1.29 is 19.4 Å². The van der Waals surface area contributed by atoms with Crippen LogP contribution in [0.3, 0.4) is 0 Å². The van der Waals surface area contributed by atoms with Gasteiger partial charge in [0.1, 0.15) is 6.54 Å². The molecule has 0 radical (unpaired) electrons. The molecule has 0 aliphatic heterocycles. The molecule has 0 unspecified atom stereocenters. The molecule has 0 atom stereocenters. The number of carbonyl (C=O) groups is 2. The highest BCUT2D eigenvalue weighted by atomic mass is 32.1. The molecule has 0 fully saturated rings. The number of rotatable bonds is 6. The minimum Gasteiger partial charge on any atom is -0.480 e. The molecule has 1 aromatic rings. The molecule has 1 aromatic heterocycles. The molecular formula is C11H17N3O4S. The second-order valence-corrected chi connectivity index (χ2v) is 5.10. The van der Waals surface area contributed by atoms with Crippen LogP contribution in [0.5, 0.6) is 0 Å². The van der Waals surface area contributed by atoms with E-state index in [0.29, 0.717) is 5.13 Å². The van der Waals surface area contributed by atoms with Crippen LogP contribution in [0.1, 0.15) is 10.6 Å². The highest BCUT2D eigenvalue weighted by Crippen LogP contribution is 2.21. The van der Waals surface area contributed by atoms with Gasteiger partial charge in [-0.15, -0.1) is 11.3 Å². The van der Waals surface area contributed by atoms with Gasteiger partial charge in [0.25, 0.3) is 0 Å². The molecule has 0 saturated carbocycles. The van der Waals surface area contributed by atoms with Gasteiger partial charge in [-0.25, -0.2) is 9.78 Å². The van der Waals surface area contributed by atoms with E-state index in [0.717, 1.165) is 15.5 Å². The Morgan fingerprint density at radius 2 is 2.16 bits per heavy atom. The second-order valence-electron chi connectivity index (χ2n) is 3.90. The summed E-state index contributed by atoms with van der Waals surface area (Å²) in [6.07, 6.45) is 0. The Labute approximate surface area is 115 Å². The SMILES string of the molecule is COCCN(CC(=O)O)C(=O)Nc1nc(C)c(C)s1.